The standard InChI is InChI=1S/C26H35N3O4/c1-19(2)16-24(30)27-25(21-8-6-5-7-9-21)26(31)29-14-12-28(13-15-29)18-20-10-11-22(32-3)23(17-20)33-4/h5-11,17,19,25H,12-16,18H2,1-4H3,(H,27,30). The Labute approximate surface area is 196 Å². The highest BCUT2D eigenvalue weighted by atomic mass is 16.5. The minimum Gasteiger partial charge on any atom is -0.493 e. The Kier molecular flexibility index (Phi) is 8.72. The molecular weight excluding hydrogens is 418 g/mol. The Morgan fingerprint density at radius 1 is 0.939 bits per heavy atom. The summed E-state index contributed by atoms with van der Waals surface area (Å²) in [6.45, 7) is 7.54. The second kappa shape index (κ2) is 11.7. The Bertz CT molecular complexity index is 924. The monoisotopic (exact) mass is 453 g/mol. The van der Waals surface area contributed by atoms with E-state index in [2.05, 4.69) is 10.2 Å². The number of carbonyl (C=O) groups excluding carboxylic acids is 2. The molecule has 33 heavy (non-hydrogen) atoms. The highest BCUT2D eigenvalue weighted by Crippen LogP contribution is 2.28. The van der Waals surface area contributed by atoms with Crippen LogP contribution >= 0.6 is 0 Å². The molecule has 0 saturated carbocycles. The van der Waals surface area contributed by atoms with Crippen LogP contribution in [-0.2, 0) is 16.1 Å². The first kappa shape index (κ1) is 24.6. The molecule has 1 atom stereocenters. The molecule has 0 bridgehead atoms. The second-order valence-corrected chi connectivity index (χ2v) is 8.80. The van der Waals surface area contributed by atoms with Gasteiger partial charge in [0.15, 0.2) is 11.5 Å². The van der Waals surface area contributed by atoms with Gasteiger partial charge < -0.3 is 19.7 Å². The third-order valence-electron chi connectivity index (χ3n) is 5.82. The van der Waals surface area contributed by atoms with Crippen LogP contribution in [0.4, 0.5) is 0 Å². The lowest BCUT2D eigenvalue weighted by atomic mass is 10.0. The summed E-state index contributed by atoms with van der Waals surface area (Å²) < 4.78 is 10.7. The van der Waals surface area contributed by atoms with E-state index in [1.807, 2.05) is 67.3 Å². The highest BCUT2D eigenvalue weighted by molar-refractivity contribution is 5.88. The topological polar surface area (TPSA) is 71.1 Å². The molecule has 178 valence electrons. The molecule has 0 radical (unpaired) electrons. The number of ether oxygens (including phenoxy) is 2. The Morgan fingerprint density at radius 3 is 2.21 bits per heavy atom. The van der Waals surface area contributed by atoms with E-state index >= 15 is 0 Å². The van der Waals surface area contributed by atoms with Crippen molar-refractivity contribution >= 4 is 11.8 Å². The number of hydrogen-bond donors (Lipinski definition) is 1. The second-order valence-electron chi connectivity index (χ2n) is 8.80. The van der Waals surface area contributed by atoms with Crippen molar-refractivity contribution in [3.63, 3.8) is 0 Å². The van der Waals surface area contributed by atoms with Crippen molar-refractivity contribution in [2.24, 2.45) is 5.92 Å². The van der Waals surface area contributed by atoms with Crippen LogP contribution in [0.3, 0.4) is 0 Å². The summed E-state index contributed by atoms with van der Waals surface area (Å²) in [5.74, 6) is 1.51. The van der Waals surface area contributed by atoms with Crippen molar-refractivity contribution in [3.05, 3.63) is 59.7 Å². The first-order chi connectivity index (χ1) is 15.9. The van der Waals surface area contributed by atoms with Crippen molar-refractivity contribution < 1.29 is 19.1 Å². The smallest absolute Gasteiger partial charge is 0.249 e. The van der Waals surface area contributed by atoms with Crippen molar-refractivity contribution in [1.29, 1.82) is 0 Å². The van der Waals surface area contributed by atoms with Crippen LogP contribution in [0.5, 0.6) is 11.5 Å². The number of nitrogens with one attached hydrogen (secondary N) is 1. The van der Waals surface area contributed by atoms with E-state index in [4.69, 9.17) is 9.47 Å². The van der Waals surface area contributed by atoms with Crippen LogP contribution in [0.1, 0.15) is 37.4 Å². The van der Waals surface area contributed by atoms with Gasteiger partial charge in [-0.1, -0.05) is 50.2 Å². The number of piperazine rings is 1. The number of amides is 2. The molecule has 1 aliphatic rings. The van der Waals surface area contributed by atoms with Crippen LogP contribution in [0.2, 0.25) is 0 Å². The third kappa shape index (κ3) is 6.71. The molecule has 2 amide bonds. The van der Waals surface area contributed by atoms with Gasteiger partial charge in [-0.05, 0) is 29.2 Å². The molecule has 2 aromatic rings. The molecule has 1 aliphatic heterocycles. The molecule has 7 heteroatoms. The summed E-state index contributed by atoms with van der Waals surface area (Å²) in [5, 5.41) is 2.97. The lowest BCUT2D eigenvalue weighted by Gasteiger charge is -2.36. The molecule has 0 spiro atoms. The van der Waals surface area contributed by atoms with Gasteiger partial charge in [-0.2, -0.15) is 0 Å². The largest absolute Gasteiger partial charge is 0.493 e. The zero-order valence-electron chi connectivity index (χ0n) is 20.0. The molecule has 7 nitrogen and oxygen atoms in total. The molecule has 1 saturated heterocycles. The Hall–Kier alpha value is -3.06. The highest BCUT2D eigenvalue weighted by Gasteiger charge is 2.30. The zero-order valence-corrected chi connectivity index (χ0v) is 20.0. The number of rotatable bonds is 9. The number of carbonyl (C=O) groups is 2. The fourth-order valence-corrected chi connectivity index (χ4v) is 4.07. The number of nitrogens with zero attached hydrogens (tertiary/aromatic N) is 2. The molecule has 0 aliphatic carbocycles. The molecule has 1 unspecified atom stereocenters. The first-order valence-electron chi connectivity index (χ1n) is 11.5. The molecule has 1 N–H and O–H groups in total. The number of benzene rings is 2. The molecule has 0 aromatic heterocycles. The van der Waals surface area contributed by atoms with Crippen molar-refractivity contribution in [3.8, 4) is 11.5 Å². The first-order valence-corrected chi connectivity index (χ1v) is 11.5. The van der Waals surface area contributed by atoms with E-state index in [1.54, 1.807) is 14.2 Å². The van der Waals surface area contributed by atoms with E-state index in [0.29, 0.717) is 31.0 Å². The number of methoxy groups -OCH3 is 2. The summed E-state index contributed by atoms with van der Waals surface area (Å²) in [5.41, 5.74) is 1.95. The summed E-state index contributed by atoms with van der Waals surface area (Å²) in [6, 6.07) is 14.8. The molecule has 1 heterocycles. The van der Waals surface area contributed by atoms with E-state index < -0.39 is 6.04 Å². The van der Waals surface area contributed by atoms with Crippen LogP contribution in [0, 0.1) is 5.92 Å². The van der Waals surface area contributed by atoms with Crippen molar-refractivity contribution in [2.75, 3.05) is 40.4 Å². The molecular formula is C26H35N3O4. The minimum atomic E-state index is -0.658. The lowest BCUT2D eigenvalue weighted by Crippen LogP contribution is -2.51. The van der Waals surface area contributed by atoms with Crippen LogP contribution in [-0.4, -0.2) is 62.0 Å². The van der Waals surface area contributed by atoms with E-state index in [0.717, 1.165) is 30.8 Å². The molecule has 2 aromatic carbocycles. The van der Waals surface area contributed by atoms with Gasteiger partial charge in [0.25, 0.3) is 0 Å². The van der Waals surface area contributed by atoms with Crippen LogP contribution < -0.4 is 14.8 Å². The Morgan fingerprint density at radius 2 is 1.61 bits per heavy atom. The van der Waals surface area contributed by atoms with E-state index in [1.165, 1.54) is 0 Å². The van der Waals surface area contributed by atoms with Gasteiger partial charge in [-0.3, -0.25) is 14.5 Å². The van der Waals surface area contributed by atoms with Crippen molar-refractivity contribution in [2.45, 2.75) is 32.9 Å². The summed E-state index contributed by atoms with van der Waals surface area (Å²) >= 11 is 0. The maximum absolute atomic E-state index is 13.4. The van der Waals surface area contributed by atoms with Gasteiger partial charge >= 0.3 is 0 Å². The van der Waals surface area contributed by atoms with Crippen molar-refractivity contribution in [1.82, 2.24) is 15.1 Å². The number of hydrogen-bond acceptors (Lipinski definition) is 5. The lowest BCUT2D eigenvalue weighted by molar-refractivity contribution is -0.138. The average molecular weight is 454 g/mol. The zero-order chi connectivity index (χ0) is 23.8. The van der Waals surface area contributed by atoms with Crippen LogP contribution in [0.25, 0.3) is 0 Å². The maximum atomic E-state index is 13.4. The van der Waals surface area contributed by atoms with Gasteiger partial charge in [0.2, 0.25) is 11.8 Å². The fraction of sp³-hybridized carbons (Fsp3) is 0.462. The molecule has 3 rings (SSSR count). The van der Waals surface area contributed by atoms with Gasteiger partial charge in [-0.15, -0.1) is 0 Å². The maximum Gasteiger partial charge on any atom is 0.249 e. The average Bonchev–Trinajstić information content (AvgIpc) is 2.82. The van der Waals surface area contributed by atoms with Gasteiger partial charge in [0, 0.05) is 39.1 Å². The van der Waals surface area contributed by atoms with Gasteiger partial charge in [-0.25, -0.2) is 0 Å². The van der Waals surface area contributed by atoms with E-state index in [-0.39, 0.29) is 17.7 Å². The normalized spacial score (nSPS) is 15.2. The summed E-state index contributed by atoms with van der Waals surface area (Å²) in [4.78, 5) is 30.0. The minimum absolute atomic E-state index is 0.0518. The fourth-order valence-electron chi connectivity index (χ4n) is 4.07. The van der Waals surface area contributed by atoms with Gasteiger partial charge in [0.05, 0.1) is 14.2 Å². The van der Waals surface area contributed by atoms with Gasteiger partial charge in [0.1, 0.15) is 6.04 Å². The predicted molar refractivity (Wildman–Crippen MR) is 128 cm³/mol. The third-order valence-corrected chi connectivity index (χ3v) is 5.82. The SMILES string of the molecule is COc1ccc(CN2CCN(C(=O)C(NC(=O)CC(C)C)c3ccccc3)CC2)cc1OC. The quantitative estimate of drug-likeness (QED) is 0.631. The van der Waals surface area contributed by atoms with Crippen LogP contribution in [0.15, 0.2) is 48.5 Å². The summed E-state index contributed by atoms with van der Waals surface area (Å²) in [6.07, 6.45) is 0.399. The van der Waals surface area contributed by atoms with E-state index in [9.17, 15) is 9.59 Å². The summed E-state index contributed by atoms with van der Waals surface area (Å²) in [7, 11) is 3.26. The Balaban J connectivity index is 1.62. The molecule has 1 fully saturated rings. The predicted octanol–water partition coefficient (Wildman–Crippen LogP) is 3.25.